The van der Waals surface area contributed by atoms with Gasteiger partial charge in [0.15, 0.2) is 0 Å². The number of imidazole rings is 1. The van der Waals surface area contributed by atoms with E-state index in [0.29, 0.717) is 0 Å². The molecule has 0 aliphatic rings. The Kier molecular flexibility index (Phi) is 3.92. The van der Waals surface area contributed by atoms with Crippen molar-refractivity contribution in [3.8, 4) is 11.1 Å². The molecule has 0 radical (unpaired) electrons. The molecule has 21 heavy (non-hydrogen) atoms. The molecule has 104 valence electrons. The number of halogens is 1. The summed E-state index contributed by atoms with van der Waals surface area (Å²) in [5.74, 6) is -0.210. The van der Waals surface area contributed by atoms with Gasteiger partial charge in [-0.1, -0.05) is 48.6 Å². The standard InChI is InChI=1S/C18H15FN2/c19-18-9-7-17(8-10-18)16-5-3-15(4-6-16)2-1-12-21-13-11-20-14-21/h1-11,13-14H,12H2/b2-1+. The predicted octanol–water partition coefficient (Wildman–Crippen LogP) is 4.40. The number of nitrogens with zero attached hydrogens (tertiary/aromatic N) is 2. The summed E-state index contributed by atoms with van der Waals surface area (Å²) in [5, 5.41) is 0. The molecule has 2 nitrogen and oxygen atoms in total. The average Bonchev–Trinajstić information content (AvgIpc) is 3.02. The van der Waals surface area contributed by atoms with Gasteiger partial charge in [0.25, 0.3) is 0 Å². The number of allylic oxidation sites excluding steroid dienone is 1. The van der Waals surface area contributed by atoms with Crippen molar-refractivity contribution in [1.82, 2.24) is 9.55 Å². The van der Waals surface area contributed by atoms with Gasteiger partial charge in [-0.15, -0.1) is 0 Å². The summed E-state index contributed by atoms with van der Waals surface area (Å²) in [6.45, 7) is 0.805. The lowest BCUT2D eigenvalue weighted by molar-refractivity contribution is 0.628. The van der Waals surface area contributed by atoms with E-state index in [1.54, 1.807) is 24.7 Å². The second-order valence-electron chi connectivity index (χ2n) is 4.79. The molecule has 0 fully saturated rings. The summed E-state index contributed by atoms with van der Waals surface area (Å²) in [5.41, 5.74) is 3.24. The fraction of sp³-hybridized carbons (Fsp3) is 0.0556. The summed E-state index contributed by atoms with van der Waals surface area (Å²) in [6, 6.07) is 14.8. The van der Waals surface area contributed by atoms with Crippen LogP contribution in [0.2, 0.25) is 0 Å². The van der Waals surface area contributed by atoms with E-state index in [4.69, 9.17) is 0 Å². The molecule has 3 aromatic rings. The molecule has 0 aliphatic heterocycles. The van der Waals surface area contributed by atoms with Gasteiger partial charge in [0.05, 0.1) is 6.33 Å². The van der Waals surface area contributed by atoms with Gasteiger partial charge in [0.2, 0.25) is 0 Å². The Hall–Kier alpha value is -2.68. The summed E-state index contributed by atoms with van der Waals surface area (Å²) in [4.78, 5) is 4.00. The lowest BCUT2D eigenvalue weighted by Gasteiger charge is -2.02. The SMILES string of the molecule is Fc1ccc(-c2ccc(/C=C/Cn3ccnc3)cc2)cc1. The fourth-order valence-electron chi connectivity index (χ4n) is 2.13. The second-order valence-corrected chi connectivity index (χ2v) is 4.79. The summed E-state index contributed by atoms with van der Waals surface area (Å²) < 4.78 is 14.9. The van der Waals surface area contributed by atoms with E-state index in [2.05, 4.69) is 29.3 Å². The van der Waals surface area contributed by atoms with Crippen molar-refractivity contribution in [2.24, 2.45) is 0 Å². The van der Waals surface area contributed by atoms with Crippen LogP contribution in [-0.2, 0) is 6.54 Å². The first-order valence-electron chi connectivity index (χ1n) is 6.79. The molecule has 3 rings (SSSR count). The highest BCUT2D eigenvalue weighted by atomic mass is 19.1. The van der Waals surface area contributed by atoms with Gasteiger partial charge >= 0.3 is 0 Å². The minimum atomic E-state index is -0.210. The smallest absolute Gasteiger partial charge is 0.123 e. The zero-order valence-electron chi connectivity index (χ0n) is 11.5. The van der Waals surface area contributed by atoms with Crippen LogP contribution in [0.15, 0.2) is 73.3 Å². The van der Waals surface area contributed by atoms with E-state index in [1.165, 1.54) is 12.1 Å². The van der Waals surface area contributed by atoms with E-state index >= 15 is 0 Å². The van der Waals surface area contributed by atoms with Crippen LogP contribution in [0.1, 0.15) is 5.56 Å². The highest BCUT2D eigenvalue weighted by molar-refractivity contribution is 5.65. The third kappa shape index (κ3) is 3.45. The topological polar surface area (TPSA) is 17.8 Å². The third-order valence-electron chi connectivity index (χ3n) is 3.27. The van der Waals surface area contributed by atoms with Crippen LogP contribution in [0, 0.1) is 5.82 Å². The molecule has 1 heterocycles. The fourth-order valence-corrected chi connectivity index (χ4v) is 2.13. The van der Waals surface area contributed by atoms with Crippen molar-refractivity contribution in [3.63, 3.8) is 0 Å². The van der Waals surface area contributed by atoms with Gasteiger partial charge in [-0.2, -0.15) is 0 Å². The van der Waals surface area contributed by atoms with Crippen LogP contribution in [0.25, 0.3) is 17.2 Å². The van der Waals surface area contributed by atoms with Crippen LogP contribution in [0.4, 0.5) is 4.39 Å². The zero-order valence-corrected chi connectivity index (χ0v) is 11.5. The number of aromatic nitrogens is 2. The normalized spacial score (nSPS) is 11.1. The maximum atomic E-state index is 12.9. The predicted molar refractivity (Wildman–Crippen MR) is 83.1 cm³/mol. The Labute approximate surface area is 123 Å². The largest absolute Gasteiger partial charge is 0.334 e. The van der Waals surface area contributed by atoms with Crippen molar-refractivity contribution in [2.45, 2.75) is 6.54 Å². The van der Waals surface area contributed by atoms with Gasteiger partial charge in [-0.05, 0) is 28.8 Å². The third-order valence-corrected chi connectivity index (χ3v) is 3.27. The average molecular weight is 278 g/mol. The van der Waals surface area contributed by atoms with E-state index < -0.39 is 0 Å². The first-order chi connectivity index (χ1) is 10.3. The maximum Gasteiger partial charge on any atom is 0.123 e. The summed E-state index contributed by atoms with van der Waals surface area (Å²) in [7, 11) is 0. The molecular formula is C18H15FN2. The first kappa shape index (κ1) is 13.3. The van der Waals surface area contributed by atoms with Crippen LogP contribution in [0.5, 0.6) is 0 Å². The van der Waals surface area contributed by atoms with E-state index in [0.717, 1.165) is 23.2 Å². The maximum absolute atomic E-state index is 12.9. The van der Waals surface area contributed by atoms with Gasteiger partial charge in [0, 0.05) is 18.9 Å². The van der Waals surface area contributed by atoms with Crippen LogP contribution >= 0.6 is 0 Å². The van der Waals surface area contributed by atoms with E-state index in [-0.39, 0.29) is 5.82 Å². The first-order valence-corrected chi connectivity index (χ1v) is 6.79. The molecule has 0 spiro atoms. The zero-order chi connectivity index (χ0) is 14.5. The van der Waals surface area contributed by atoms with Crippen molar-refractivity contribution in [2.75, 3.05) is 0 Å². The van der Waals surface area contributed by atoms with Crippen molar-refractivity contribution in [1.29, 1.82) is 0 Å². The number of benzene rings is 2. The minimum absolute atomic E-state index is 0.210. The monoisotopic (exact) mass is 278 g/mol. The van der Waals surface area contributed by atoms with Crippen molar-refractivity contribution in [3.05, 3.63) is 84.7 Å². The van der Waals surface area contributed by atoms with Crippen LogP contribution in [-0.4, -0.2) is 9.55 Å². The molecule has 1 aromatic heterocycles. The molecule has 3 heteroatoms. The summed E-state index contributed by atoms with van der Waals surface area (Å²) >= 11 is 0. The molecule has 0 N–H and O–H groups in total. The summed E-state index contributed by atoms with van der Waals surface area (Å²) in [6.07, 6.45) is 9.66. The Morgan fingerprint density at radius 2 is 1.62 bits per heavy atom. The Balaban J connectivity index is 1.69. The van der Waals surface area contributed by atoms with Gasteiger partial charge in [0.1, 0.15) is 5.82 Å². The quantitative estimate of drug-likeness (QED) is 0.691. The number of hydrogen-bond donors (Lipinski definition) is 0. The molecule has 2 aromatic carbocycles. The molecule has 0 amide bonds. The molecular weight excluding hydrogens is 263 g/mol. The van der Waals surface area contributed by atoms with E-state index in [9.17, 15) is 4.39 Å². The molecule has 0 saturated heterocycles. The molecule has 0 bridgehead atoms. The minimum Gasteiger partial charge on any atom is -0.334 e. The van der Waals surface area contributed by atoms with Gasteiger partial charge < -0.3 is 4.57 Å². The van der Waals surface area contributed by atoms with Gasteiger partial charge in [-0.3, -0.25) is 0 Å². The number of hydrogen-bond acceptors (Lipinski definition) is 1. The lowest BCUT2D eigenvalue weighted by Crippen LogP contribution is -1.89. The van der Waals surface area contributed by atoms with E-state index in [1.807, 2.05) is 22.9 Å². The second kappa shape index (κ2) is 6.18. The number of rotatable bonds is 4. The Bertz CT molecular complexity index is 711. The Morgan fingerprint density at radius 3 is 2.24 bits per heavy atom. The van der Waals surface area contributed by atoms with Crippen LogP contribution < -0.4 is 0 Å². The van der Waals surface area contributed by atoms with Crippen molar-refractivity contribution >= 4 is 6.08 Å². The molecule has 0 unspecified atom stereocenters. The van der Waals surface area contributed by atoms with Crippen molar-refractivity contribution < 1.29 is 4.39 Å². The molecule has 0 atom stereocenters. The van der Waals surface area contributed by atoms with Crippen LogP contribution in [0.3, 0.4) is 0 Å². The van der Waals surface area contributed by atoms with Gasteiger partial charge in [-0.25, -0.2) is 9.37 Å². The molecule has 0 aliphatic carbocycles. The Morgan fingerprint density at radius 1 is 0.952 bits per heavy atom. The lowest BCUT2D eigenvalue weighted by atomic mass is 10.0. The molecule has 0 saturated carbocycles. The highest BCUT2D eigenvalue weighted by Gasteiger charge is 1.97. The highest BCUT2D eigenvalue weighted by Crippen LogP contribution is 2.20.